The van der Waals surface area contributed by atoms with Crippen molar-refractivity contribution in [1.82, 2.24) is 9.97 Å². The van der Waals surface area contributed by atoms with Crippen molar-refractivity contribution in [3.63, 3.8) is 0 Å². The molecule has 21 heavy (non-hydrogen) atoms. The van der Waals surface area contributed by atoms with Crippen LogP contribution in [0, 0.1) is 6.92 Å². The number of ether oxygens (including phenoxy) is 1. The molecule has 1 aromatic rings. The van der Waals surface area contributed by atoms with E-state index in [9.17, 15) is 0 Å². The zero-order valence-electron chi connectivity index (χ0n) is 13.8. The van der Waals surface area contributed by atoms with E-state index in [4.69, 9.17) is 9.72 Å². The lowest BCUT2D eigenvalue weighted by Gasteiger charge is -2.33. The van der Waals surface area contributed by atoms with Crippen molar-refractivity contribution in [2.75, 3.05) is 37.0 Å². The van der Waals surface area contributed by atoms with Crippen molar-refractivity contribution in [2.45, 2.75) is 52.6 Å². The fourth-order valence-electron chi connectivity index (χ4n) is 2.73. The van der Waals surface area contributed by atoms with Crippen LogP contribution in [0.25, 0.3) is 0 Å². The Hall–Kier alpha value is -1.36. The van der Waals surface area contributed by atoms with Gasteiger partial charge in [-0.1, -0.05) is 13.8 Å². The molecule has 1 fully saturated rings. The smallest absolute Gasteiger partial charge is 0.137 e. The summed E-state index contributed by atoms with van der Waals surface area (Å²) in [4.78, 5) is 11.8. The predicted octanol–water partition coefficient (Wildman–Crippen LogP) is 2.78. The number of aromatic nitrogens is 2. The van der Waals surface area contributed by atoms with Crippen LogP contribution in [0.5, 0.6) is 0 Å². The van der Waals surface area contributed by atoms with Crippen molar-refractivity contribution in [3.05, 3.63) is 11.4 Å². The second-order valence-corrected chi connectivity index (χ2v) is 5.64. The highest BCUT2D eigenvalue weighted by molar-refractivity contribution is 5.59. The molecule has 0 spiro atoms. The summed E-state index contributed by atoms with van der Waals surface area (Å²) >= 11 is 0. The normalized spacial score (nSPS) is 16.3. The standard InChI is InChI=1S/C16H28N4O/c1-5-9-17-15-12(3)16(19-14(6-2)18-15)20-10-7-13(21-4)8-11-20/h13H,5-11H2,1-4H3,(H,17,18,19). The number of nitrogens with one attached hydrogen (secondary N) is 1. The van der Waals surface area contributed by atoms with Gasteiger partial charge in [-0.15, -0.1) is 0 Å². The van der Waals surface area contributed by atoms with Crippen molar-refractivity contribution in [1.29, 1.82) is 0 Å². The second-order valence-electron chi connectivity index (χ2n) is 5.64. The van der Waals surface area contributed by atoms with Crippen LogP contribution in [0.4, 0.5) is 11.6 Å². The van der Waals surface area contributed by atoms with Gasteiger partial charge in [-0.05, 0) is 26.2 Å². The monoisotopic (exact) mass is 292 g/mol. The van der Waals surface area contributed by atoms with Gasteiger partial charge in [0.05, 0.1) is 6.10 Å². The van der Waals surface area contributed by atoms with Gasteiger partial charge < -0.3 is 15.0 Å². The topological polar surface area (TPSA) is 50.3 Å². The number of anilines is 2. The molecule has 0 saturated carbocycles. The van der Waals surface area contributed by atoms with Crippen molar-refractivity contribution in [3.8, 4) is 0 Å². The number of aryl methyl sites for hydroxylation is 1. The molecule has 1 saturated heterocycles. The maximum absolute atomic E-state index is 5.46. The van der Waals surface area contributed by atoms with E-state index in [1.54, 1.807) is 7.11 Å². The van der Waals surface area contributed by atoms with E-state index >= 15 is 0 Å². The molecule has 2 heterocycles. The summed E-state index contributed by atoms with van der Waals surface area (Å²) in [5.41, 5.74) is 1.16. The Morgan fingerprint density at radius 3 is 2.52 bits per heavy atom. The minimum absolute atomic E-state index is 0.395. The van der Waals surface area contributed by atoms with Gasteiger partial charge in [0.15, 0.2) is 0 Å². The molecule has 0 aliphatic carbocycles. The van der Waals surface area contributed by atoms with E-state index in [-0.39, 0.29) is 0 Å². The van der Waals surface area contributed by atoms with Crippen LogP contribution in [0.3, 0.4) is 0 Å². The molecule has 5 heteroatoms. The Kier molecular flexibility index (Phi) is 5.79. The summed E-state index contributed by atoms with van der Waals surface area (Å²) in [5.74, 6) is 3.01. The first-order valence-electron chi connectivity index (χ1n) is 8.08. The second kappa shape index (κ2) is 7.59. The molecule has 1 aliphatic heterocycles. The number of nitrogens with zero attached hydrogens (tertiary/aromatic N) is 3. The van der Waals surface area contributed by atoms with E-state index in [1.807, 2.05) is 0 Å². The van der Waals surface area contributed by atoms with Gasteiger partial charge in [0.25, 0.3) is 0 Å². The number of hydrogen-bond acceptors (Lipinski definition) is 5. The molecule has 1 aliphatic rings. The lowest BCUT2D eigenvalue weighted by atomic mass is 10.1. The van der Waals surface area contributed by atoms with Crippen molar-refractivity contribution < 1.29 is 4.74 Å². The third-order valence-corrected chi connectivity index (χ3v) is 4.10. The molecule has 0 atom stereocenters. The third-order valence-electron chi connectivity index (χ3n) is 4.10. The molecule has 0 bridgehead atoms. The molecule has 0 amide bonds. The lowest BCUT2D eigenvalue weighted by Crippen LogP contribution is -2.37. The highest BCUT2D eigenvalue weighted by Crippen LogP contribution is 2.27. The summed E-state index contributed by atoms with van der Waals surface area (Å²) < 4.78 is 5.46. The average molecular weight is 292 g/mol. The third kappa shape index (κ3) is 3.84. The van der Waals surface area contributed by atoms with Crippen LogP contribution in [0.15, 0.2) is 0 Å². The summed E-state index contributed by atoms with van der Waals surface area (Å²) in [7, 11) is 1.80. The first-order valence-corrected chi connectivity index (χ1v) is 8.08. The van der Waals surface area contributed by atoms with Gasteiger partial charge in [-0.2, -0.15) is 0 Å². The Balaban J connectivity index is 2.21. The number of piperidine rings is 1. The van der Waals surface area contributed by atoms with Crippen LogP contribution in [-0.4, -0.2) is 42.8 Å². The minimum Gasteiger partial charge on any atom is -0.381 e. The highest BCUT2D eigenvalue weighted by Gasteiger charge is 2.22. The molecular formula is C16H28N4O. The van der Waals surface area contributed by atoms with Crippen LogP contribution < -0.4 is 10.2 Å². The zero-order chi connectivity index (χ0) is 15.2. The maximum Gasteiger partial charge on any atom is 0.137 e. The molecule has 5 nitrogen and oxygen atoms in total. The van der Waals surface area contributed by atoms with Gasteiger partial charge in [0, 0.05) is 38.7 Å². The number of rotatable bonds is 6. The van der Waals surface area contributed by atoms with Crippen molar-refractivity contribution in [2.24, 2.45) is 0 Å². The fraction of sp³-hybridized carbons (Fsp3) is 0.750. The lowest BCUT2D eigenvalue weighted by molar-refractivity contribution is 0.0817. The minimum atomic E-state index is 0.395. The molecule has 0 unspecified atom stereocenters. The van der Waals surface area contributed by atoms with E-state index < -0.39 is 0 Å². The zero-order valence-corrected chi connectivity index (χ0v) is 13.8. The number of methoxy groups -OCH3 is 1. The molecular weight excluding hydrogens is 264 g/mol. The van der Waals surface area contributed by atoms with Crippen LogP contribution in [-0.2, 0) is 11.2 Å². The van der Waals surface area contributed by atoms with Crippen LogP contribution >= 0.6 is 0 Å². The Labute approximate surface area is 128 Å². The molecule has 1 aromatic heterocycles. The van der Waals surface area contributed by atoms with E-state index in [2.05, 4.69) is 36.0 Å². The Bertz CT molecular complexity index is 456. The first-order chi connectivity index (χ1) is 10.2. The van der Waals surface area contributed by atoms with E-state index in [0.717, 1.165) is 68.3 Å². The van der Waals surface area contributed by atoms with Gasteiger partial charge in [-0.25, -0.2) is 9.97 Å². The van der Waals surface area contributed by atoms with Gasteiger partial charge in [-0.3, -0.25) is 0 Å². The Morgan fingerprint density at radius 2 is 1.95 bits per heavy atom. The van der Waals surface area contributed by atoms with Gasteiger partial charge in [0.1, 0.15) is 17.5 Å². The molecule has 0 radical (unpaired) electrons. The van der Waals surface area contributed by atoms with E-state index in [1.165, 1.54) is 0 Å². The first kappa shape index (κ1) is 16.0. The average Bonchev–Trinajstić information content (AvgIpc) is 2.54. The van der Waals surface area contributed by atoms with Gasteiger partial charge in [0.2, 0.25) is 0 Å². The largest absolute Gasteiger partial charge is 0.381 e. The summed E-state index contributed by atoms with van der Waals surface area (Å²) in [6.45, 7) is 9.36. The maximum atomic E-state index is 5.46. The van der Waals surface area contributed by atoms with E-state index in [0.29, 0.717) is 6.10 Å². The quantitative estimate of drug-likeness (QED) is 0.873. The summed E-state index contributed by atoms with van der Waals surface area (Å²) in [5, 5.41) is 3.43. The molecule has 0 aromatic carbocycles. The highest BCUT2D eigenvalue weighted by atomic mass is 16.5. The summed E-state index contributed by atoms with van der Waals surface area (Å²) in [6, 6.07) is 0. The predicted molar refractivity (Wildman–Crippen MR) is 87.2 cm³/mol. The molecule has 1 N–H and O–H groups in total. The fourth-order valence-corrected chi connectivity index (χ4v) is 2.73. The molecule has 118 valence electrons. The number of hydrogen-bond donors (Lipinski definition) is 1. The molecule has 2 rings (SSSR count). The summed E-state index contributed by atoms with van der Waals surface area (Å²) in [6.07, 6.45) is 4.49. The van der Waals surface area contributed by atoms with Crippen LogP contribution in [0.1, 0.15) is 44.5 Å². The van der Waals surface area contributed by atoms with Crippen molar-refractivity contribution >= 4 is 11.6 Å². The van der Waals surface area contributed by atoms with Crippen LogP contribution in [0.2, 0.25) is 0 Å². The SMILES string of the molecule is CCCNc1nc(CC)nc(N2CCC(OC)CC2)c1C. The van der Waals surface area contributed by atoms with Gasteiger partial charge >= 0.3 is 0 Å². The Morgan fingerprint density at radius 1 is 1.24 bits per heavy atom.